The summed E-state index contributed by atoms with van der Waals surface area (Å²) < 4.78 is 10.6. The van der Waals surface area contributed by atoms with E-state index in [1.165, 1.54) is 12.7 Å². The number of carbonyl (C=O) groups is 2. The molecule has 0 bridgehead atoms. The molecule has 6 nitrogen and oxygen atoms in total. The lowest BCUT2D eigenvalue weighted by Crippen LogP contribution is -2.36. The lowest BCUT2D eigenvalue weighted by Gasteiger charge is -2.10. The van der Waals surface area contributed by atoms with Crippen LogP contribution in [-0.4, -0.2) is 38.6 Å². The van der Waals surface area contributed by atoms with E-state index in [0.29, 0.717) is 30.2 Å². The zero-order valence-corrected chi connectivity index (χ0v) is 15.8. The molecule has 0 aliphatic rings. The van der Waals surface area contributed by atoms with Crippen molar-refractivity contribution >= 4 is 11.8 Å². The molecule has 0 saturated heterocycles. The molecular formula is C21H26N2O4. The Labute approximate surface area is 159 Å². The van der Waals surface area contributed by atoms with Crippen molar-refractivity contribution in [3.05, 3.63) is 59.7 Å². The molecule has 0 aromatic heterocycles. The minimum Gasteiger partial charge on any atom is -0.496 e. The van der Waals surface area contributed by atoms with Crippen LogP contribution in [0.3, 0.4) is 0 Å². The van der Waals surface area contributed by atoms with Gasteiger partial charge in [-0.25, -0.2) is 0 Å². The fourth-order valence-corrected chi connectivity index (χ4v) is 2.55. The number of para-hydroxylation sites is 1. The zero-order chi connectivity index (χ0) is 19.5. The first kappa shape index (κ1) is 20.3. The fourth-order valence-electron chi connectivity index (χ4n) is 2.55. The molecule has 27 heavy (non-hydrogen) atoms. The van der Waals surface area contributed by atoms with Crippen molar-refractivity contribution < 1.29 is 19.1 Å². The van der Waals surface area contributed by atoms with E-state index in [0.717, 1.165) is 12.8 Å². The van der Waals surface area contributed by atoms with Gasteiger partial charge in [0.15, 0.2) is 6.61 Å². The number of nitrogens with one attached hydrogen (secondary N) is 2. The second-order valence-electron chi connectivity index (χ2n) is 5.99. The molecule has 6 heteroatoms. The van der Waals surface area contributed by atoms with Gasteiger partial charge in [0.1, 0.15) is 11.5 Å². The normalized spacial score (nSPS) is 10.1. The van der Waals surface area contributed by atoms with Gasteiger partial charge in [0.2, 0.25) is 0 Å². The molecule has 0 aliphatic heterocycles. The molecule has 0 unspecified atom stereocenters. The molecule has 0 atom stereocenters. The lowest BCUT2D eigenvalue weighted by atomic mass is 10.1. The van der Waals surface area contributed by atoms with Crippen LogP contribution in [0, 0.1) is 0 Å². The first-order chi connectivity index (χ1) is 13.1. The quantitative estimate of drug-likeness (QED) is 0.630. The average molecular weight is 370 g/mol. The largest absolute Gasteiger partial charge is 0.496 e. The van der Waals surface area contributed by atoms with Crippen molar-refractivity contribution in [3.8, 4) is 11.5 Å². The van der Waals surface area contributed by atoms with E-state index >= 15 is 0 Å². The molecule has 0 fully saturated rings. The smallest absolute Gasteiger partial charge is 0.258 e. The van der Waals surface area contributed by atoms with Crippen molar-refractivity contribution in [1.29, 1.82) is 0 Å². The van der Waals surface area contributed by atoms with Crippen LogP contribution in [0.15, 0.2) is 48.5 Å². The van der Waals surface area contributed by atoms with Crippen molar-refractivity contribution in [2.75, 3.05) is 26.8 Å². The van der Waals surface area contributed by atoms with Gasteiger partial charge in [-0.05, 0) is 36.2 Å². The van der Waals surface area contributed by atoms with Gasteiger partial charge in [-0.1, -0.05) is 37.6 Å². The second-order valence-corrected chi connectivity index (χ2v) is 5.99. The maximum atomic E-state index is 12.1. The molecule has 2 N–H and O–H groups in total. The van der Waals surface area contributed by atoms with E-state index in [9.17, 15) is 9.59 Å². The Morgan fingerprint density at radius 2 is 1.67 bits per heavy atom. The number of ether oxygens (including phenoxy) is 2. The second kappa shape index (κ2) is 10.9. The van der Waals surface area contributed by atoms with E-state index in [4.69, 9.17) is 9.47 Å². The van der Waals surface area contributed by atoms with Gasteiger partial charge < -0.3 is 20.1 Å². The summed E-state index contributed by atoms with van der Waals surface area (Å²) in [4.78, 5) is 24.0. The van der Waals surface area contributed by atoms with Crippen LogP contribution in [0.4, 0.5) is 0 Å². The number of hydrogen-bond donors (Lipinski definition) is 2. The minimum absolute atomic E-state index is 0.0619. The van der Waals surface area contributed by atoms with E-state index in [-0.39, 0.29) is 18.4 Å². The van der Waals surface area contributed by atoms with Crippen molar-refractivity contribution in [3.63, 3.8) is 0 Å². The van der Waals surface area contributed by atoms with Gasteiger partial charge in [-0.3, -0.25) is 9.59 Å². The predicted molar refractivity (Wildman–Crippen MR) is 104 cm³/mol. The third-order valence-corrected chi connectivity index (χ3v) is 3.92. The number of amides is 2. The van der Waals surface area contributed by atoms with Crippen molar-refractivity contribution in [2.45, 2.75) is 19.8 Å². The van der Waals surface area contributed by atoms with E-state index in [1.807, 2.05) is 24.3 Å². The summed E-state index contributed by atoms with van der Waals surface area (Å²) in [5.74, 6) is 0.691. The molecule has 2 aromatic carbocycles. The van der Waals surface area contributed by atoms with E-state index < -0.39 is 0 Å². The van der Waals surface area contributed by atoms with Crippen molar-refractivity contribution in [1.82, 2.24) is 10.6 Å². The van der Waals surface area contributed by atoms with Crippen LogP contribution in [-0.2, 0) is 11.2 Å². The Morgan fingerprint density at radius 1 is 0.963 bits per heavy atom. The maximum Gasteiger partial charge on any atom is 0.258 e. The van der Waals surface area contributed by atoms with Gasteiger partial charge >= 0.3 is 0 Å². The minimum atomic E-state index is -0.245. The summed E-state index contributed by atoms with van der Waals surface area (Å²) in [6.45, 7) is 2.70. The Morgan fingerprint density at radius 3 is 2.37 bits per heavy atom. The van der Waals surface area contributed by atoms with Crippen LogP contribution in [0.2, 0.25) is 0 Å². The third kappa shape index (κ3) is 6.66. The third-order valence-electron chi connectivity index (χ3n) is 3.92. The SMILES string of the molecule is CCCc1ccc(OCC(=O)NCCNC(=O)c2ccccc2OC)cc1. The molecular weight excluding hydrogens is 344 g/mol. The first-order valence-electron chi connectivity index (χ1n) is 9.03. The molecule has 2 amide bonds. The summed E-state index contributed by atoms with van der Waals surface area (Å²) in [5.41, 5.74) is 1.71. The Bertz CT molecular complexity index is 744. The molecule has 0 spiro atoms. The highest BCUT2D eigenvalue weighted by Crippen LogP contribution is 2.16. The highest BCUT2D eigenvalue weighted by molar-refractivity contribution is 5.96. The predicted octanol–water partition coefficient (Wildman–Crippen LogP) is 2.57. The number of methoxy groups -OCH3 is 1. The van der Waals surface area contributed by atoms with Crippen LogP contribution in [0.25, 0.3) is 0 Å². The van der Waals surface area contributed by atoms with Crippen LogP contribution in [0.5, 0.6) is 11.5 Å². The molecule has 0 radical (unpaired) electrons. The standard InChI is InChI=1S/C21H26N2O4/c1-3-6-16-9-11-17(12-10-16)27-15-20(24)22-13-14-23-21(25)18-7-4-5-8-19(18)26-2/h4-5,7-12H,3,6,13-15H2,1-2H3,(H,22,24)(H,23,25). The summed E-state index contributed by atoms with van der Waals surface area (Å²) >= 11 is 0. The lowest BCUT2D eigenvalue weighted by molar-refractivity contribution is -0.123. The summed E-state index contributed by atoms with van der Waals surface area (Å²) in [7, 11) is 1.52. The van der Waals surface area contributed by atoms with Gasteiger partial charge in [0.25, 0.3) is 11.8 Å². The Kier molecular flexibility index (Phi) is 8.16. The van der Waals surface area contributed by atoms with Crippen LogP contribution >= 0.6 is 0 Å². The van der Waals surface area contributed by atoms with Gasteiger partial charge in [0, 0.05) is 13.1 Å². The topological polar surface area (TPSA) is 76.7 Å². The molecule has 2 aromatic rings. The number of aryl methyl sites for hydroxylation is 1. The van der Waals surface area contributed by atoms with Crippen LogP contribution < -0.4 is 20.1 Å². The monoisotopic (exact) mass is 370 g/mol. The van der Waals surface area contributed by atoms with E-state index in [1.54, 1.807) is 24.3 Å². The molecule has 0 heterocycles. The molecule has 0 saturated carbocycles. The summed E-state index contributed by atoms with van der Waals surface area (Å²) in [6, 6.07) is 14.7. The van der Waals surface area contributed by atoms with Crippen LogP contribution in [0.1, 0.15) is 29.3 Å². The number of carbonyl (C=O) groups excluding carboxylic acids is 2. The highest BCUT2D eigenvalue weighted by Gasteiger charge is 2.10. The molecule has 0 aliphatic carbocycles. The summed E-state index contributed by atoms with van der Waals surface area (Å²) in [5, 5.41) is 5.46. The number of hydrogen-bond acceptors (Lipinski definition) is 4. The van der Waals surface area contributed by atoms with Crippen molar-refractivity contribution in [2.24, 2.45) is 0 Å². The maximum absolute atomic E-state index is 12.1. The number of benzene rings is 2. The van der Waals surface area contributed by atoms with Gasteiger partial charge in [0.05, 0.1) is 12.7 Å². The van der Waals surface area contributed by atoms with Gasteiger partial charge in [-0.15, -0.1) is 0 Å². The Hall–Kier alpha value is -3.02. The first-order valence-corrected chi connectivity index (χ1v) is 9.03. The number of rotatable bonds is 10. The Balaban J connectivity index is 1.66. The highest BCUT2D eigenvalue weighted by atomic mass is 16.5. The van der Waals surface area contributed by atoms with E-state index in [2.05, 4.69) is 17.6 Å². The molecule has 144 valence electrons. The molecule has 2 rings (SSSR count). The zero-order valence-electron chi connectivity index (χ0n) is 15.8. The summed E-state index contributed by atoms with van der Waals surface area (Å²) in [6.07, 6.45) is 2.12. The average Bonchev–Trinajstić information content (AvgIpc) is 2.70. The fraction of sp³-hybridized carbons (Fsp3) is 0.333. The van der Waals surface area contributed by atoms with Gasteiger partial charge in [-0.2, -0.15) is 0 Å².